The number of halogens is 6. The number of rotatable bonds is 11. The number of hydrazone groups is 1. The summed E-state index contributed by atoms with van der Waals surface area (Å²) in [6, 6.07) is -1.43. The first-order chi connectivity index (χ1) is 18.9. The number of allylic oxidation sites excluding steroid dienone is 5. The van der Waals surface area contributed by atoms with Crippen LogP contribution in [0.2, 0.25) is 0 Å². The normalized spacial score (nSPS) is 17.2. The molecule has 0 radical (unpaired) electrons. The minimum absolute atomic E-state index is 0.0765. The van der Waals surface area contributed by atoms with Gasteiger partial charge in [0.05, 0.1) is 6.04 Å². The fraction of sp³-hybridized carbons (Fsp3) is 0.679. The van der Waals surface area contributed by atoms with Crippen molar-refractivity contribution in [3.05, 3.63) is 35.8 Å². The molecule has 0 saturated carbocycles. The van der Waals surface area contributed by atoms with E-state index in [-0.39, 0.29) is 32.4 Å². The number of carbonyl (C=O) groups excluding carboxylic acids is 2. The highest BCUT2D eigenvalue weighted by molar-refractivity contribution is 5.87. The van der Waals surface area contributed by atoms with Crippen molar-refractivity contribution in [2.75, 3.05) is 13.1 Å². The Morgan fingerprint density at radius 3 is 2.17 bits per heavy atom. The fourth-order valence-electron chi connectivity index (χ4n) is 3.50. The quantitative estimate of drug-likeness (QED) is 0.114. The molecule has 1 rings (SSSR count). The van der Waals surface area contributed by atoms with E-state index in [1.807, 2.05) is 13.8 Å². The summed E-state index contributed by atoms with van der Waals surface area (Å²) >= 11 is 0. The van der Waals surface area contributed by atoms with Crippen molar-refractivity contribution >= 4 is 17.7 Å². The van der Waals surface area contributed by atoms with E-state index in [0.717, 1.165) is 11.9 Å². The molecule has 41 heavy (non-hydrogen) atoms. The highest BCUT2D eigenvalue weighted by atomic mass is 19.4. The molecule has 2 atom stereocenters. The van der Waals surface area contributed by atoms with Crippen LogP contribution in [0.25, 0.3) is 0 Å². The Labute approximate surface area is 239 Å². The summed E-state index contributed by atoms with van der Waals surface area (Å²) in [5.74, 6) is -4.84. The second-order valence-corrected chi connectivity index (χ2v) is 10.3. The number of hydrogen-bond donors (Lipinski definition) is 1. The molecule has 0 aliphatic carbocycles. The van der Waals surface area contributed by atoms with Crippen LogP contribution in [0.1, 0.15) is 81.6 Å². The topological polar surface area (TPSA) is 74.2 Å². The Kier molecular flexibility index (Phi) is 15.8. The van der Waals surface area contributed by atoms with Crippen molar-refractivity contribution in [1.82, 2.24) is 15.2 Å². The monoisotopic (exact) mass is 598 g/mol. The van der Waals surface area contributed by atoms with Gasteiger partial charge in [0.15, 0.2) is 5.83 Å². The largest absolute Gasteiger partial charge is 0.444 e. The van der Waals surface area contributed by atoms with E-state index in [4.69, 9.17) is 4.74 Å². The smallest absolute Gasteiger partial charge is 0.430 e. The standard InChI is InChI=1S/C26H38F6N4O3.C2H6/c1-8-10-36(34-17(4)26(30,31)32)19-14-35(15-19)23(37)12-18(33-24(38)39-25(5,6)7)11-16(3)21(28)13-22(29)20(27)9-2;1-2/h8,10,13,16,18-19H,9,11-12,14-15H2,1-7H3,(H,33,38);1-2H3/b10-8-,21-13+,22-20-,34-17+;/t16?,18-;/m1./s1. The van der Waals surface area contributed by atoms with Gasteiger partial charge in [0, 0.05) is 43.7 Å². The summed E-state index contributed by atoms with van der Waals surface area (Å²) in [6.07, 6.45) is -2.77. The number of amides is 2. The Morgan fingerprint density at radius 2 is 1.71 bits per heavy atom. The van der Waals surface area contributed by atoms with Gasteiger partial charge in [0.2, 0.25) is 5.91 Å². The lowest BCUT2D eigenvalue weighted by molar-refractivity contribution is -0.138. The average Bonchev–Trinajstić information content (AvgIpc) is 2.81. The number of alkyl carbamates (subject to hydrolysis) is 1. The molecular weight excluding hydrogens is 554 g/mol. The maximum Gasteiger partial charge on any atom is 0.430 e. The van der Waals surface area contributed by atoms with Gasteiger partial charge >= 0.3 is 12.3 Å². The van der Waals surface area contributed by atoms with Crippen LogP contribution in [0.3, 0.4) is 0 Å². The molecular formula is C28H44F6N4O3. The van der Waals surface area contributed by atoms with E-state index in [1.165, 1.54) is 31.0 Å². The van der Waals surface area contributed by atoms with E-state index in [1.54, 1.807) is 27.7 Å². The van der Waals surface area contributed by atoms with Crippen molar-refractivity contribution in [3.8, 4) is 0 Å². The number of nitrogens with one attached hydrogen (secondary N) is 1. The predicted octanol–water partition coefficient (Wildman–Crippen LogP) is 7.72. The Bertz CT molecular complexity index is 980. The zero-order chi connectivity index (χ0) is 32.1. The van der Waals surface area contributed by atoms with Crippen LogP contribution >= 0.6 is 0 Å². The van der Waals surface area contributed by atoms with Gasteiger partial charge in [-0.3, -0.25) is 9.80 Å². The van der Waals surface area contributed by atoms with Gasteiger partial charge in [-0.2, -0.15) is 18.3 Å². The molecule has 1 N–H and O–H groups in total. The van der Waals surface area contributed by atoms with Gasteiger partial charge in [0.1, 0.15) is 23.0 Å². The van der Waals surface area contributed by atoms with Crippen molar-refractivity contribution in [1.29, 1.82) is 0 Å². The van der Waals surface area contributed by atoms with Gasteiger partial charge in [-0.25, -0.2) is 18.0 Å². The third-order valence-corrected chi connectivity index (χ3v) is 5.65. The van der Waals surface area contributed by atoms with Crippen molar-refractivity contribution in [2.24, 2.45) is 11.0 Å². The molecule has 1 saturated heterocycles. The highest BCUT2D eigenvalue weighted by Crippen LogP contribution is 2.26. The van der Waals surface area contributed by atoms with Gasteiger partial charge < -0.3 is 15.0 Å². The molecule has 13 heteroatoms. The van der Waals surface area contributed by atoms with Crippen LogP contribution < -0.4 is 5.32 Å². The lowest BCUT2D eigenvalue weighted by Gasteiger charge is -2.43. The van der Waals surface area contributed by atoms with Gasteiger partial charge in [0.25, 0.3) is 0 Å². The molecule has 0 bridgehead atoms. The molecule has 0 aromatic rings. The molecule has 1 aliphatic rings. The summed E-state index contributed by atoms with van der Waals surface area (Å²) in [5, 5.41) is 7.27. The predicted molar refractivity (Wildman–Crippen MR) is 148 cm³/mol. The molecule has 2 amide bonds. The van der Waals surface area contributed by atoms with Crippen LogP contribution in [-0.2, 0) is 9.53 Å². The third kappa shape index (κ3) is 14.0. The van der Waals surface area contributed by atoms with E-state index < -0.39 is 65.0 Å². The van der Waals surface area contributed by atoms with Crippen molar-refractivity contribution < 1.29 is 40.7 Å². The van der Waals surface area contributed by atoms with Gasteiger partial charge in [-0.05, 0) is 47.5 Å². The fourth-order valence-corrected chi connectivity index (χ4v) is 3.50. The number of nitrogens with zero attached hydrogens (tertiary/aromatic N) is 3. The molecule has 1 unspecified atom stereocenters. The Balaban J connectivity index is 0.00000781. The van der Waals surface area contributed by atoms with Crippen LogP contribution in [0, 0.1) is 5.92 Å². The van der Waals surface area contributed by atoms with Crippen LogP contribution in [0.15, 0.2) is 40.9 Å². The Hall–Kier alpha value is -2.99. The molecule has 1 fully saturated rings. The zero-order valence-corrected chi connectivity index (χ0v) is 25.3. The lowest BCUT2D eigenvalue weighted by Crippen LogP contribution is -2.59. The maximum absolute atomic E-state index is 14.6. The molecule has 236 valence electrons. The van der Waals surface area contributed by atoms with E-state index in [0.29, 0.717) is 6.08 Å². The van der Waals surface area contributed by atoms with Crippen LogP contribution in [0.4, 0.5) is 31.1 Å². The Morgan fingerprint density at radius 1 is 1.15 bits per heavy atom. The number of alkyl halides is 3. The summed E-state index contributed by atoms with van der Waals surface area (Å²) in [7, 11) is 0. The van der Waals surface area contributed by atoms with Crippen molar-refractivity contribution in [2.45, 2.75) is 105 Å². The van der Waals surface area contributed by atoms with Crippen molar-refractivity contribution in [3.63, 3.8) is 0 Å². The number of likely N-dealkylation sites (tertiary alicyclic amines) is 1. The first kappa shape index (κ1) is 38.0. The van der Waals surface area contributed by atoms with Gasteiger partial charge in [-0.1, -0.05) is 33.8 Å². The highest BCUT2D eigenvalue weighted by Gasteiger charge is 2.38. The minimum atomic E-state index is -4.60. The molecule has 0 aromatic heterocycles. The molecule has 1 heterocycles. The maximum atomic E-state index is 14.6. The number of ether oxygens (including phenoxy) is 1. The van der Waals surface area contributed by atoms with E-state index in [9.17, 15) is 35.9 Å². The molecule has 0 aromatic carbocycles. The number of hydrogen-bond acceptors (Lipinski definition) is 5. The van der Waals surface area contributed by atoms with E-state index >= 15 is 0 Å². The summed E-state index contributed by atoms with van der Waals surface area (Å²) in [6.45, 7) is 14.3. The van der Waals surface area contributed by atoms with E-state index in [2.05, 4.69) is 10.4 Å². The second-order valence-electron chi connectivity index (χ2n) is 10.3. The molecule has 7 nitrogen and oxygen atoms in total. The SMILES string of the molecule is C/C=C\N(/N=C(\C)C(F)(F)F)C1CN(C(=O)C[C@@H](CC(C)/C(F)=C\C(F)=C(\F)CC)NC(=O)OC(C)(C)C)C1.CC. The third-order valence-electron chi connectivity index (χ3n) is 5.65. The van der Waals surface area contributed by atoms with Crippen LogP contribution in [-0.4, -0.2) is 64.6 Å². The summed E-state index contributed by atoms with van der Waals surface area (Å²) in [5.41, 5.74) is -1.89. The summed E-state index contributed by atoms with van der Waals surface area (Å²) in [4.78, 5) is 26.7. The summed E-state index contributed by atoms with van der Waals surface area (Å²) < 4.78 is 85.7. The number of carbonyl (C=O) groups is 2. The zero-order valence-electron chi connectivity index (χ0n) is 25.3. The first-order valence-electron chi connectivity index (χ1n) is 13.6. The van der Waals surface area contributed by atoms with Crippen LogP contribution in [0.5, 0.6) is 0 Å². The molecule has 0 spiro atoms. The second kappa shape index (κ2) is 17.1. The molecule has 1 aliphatic heterocycles. The lowest BCUT2D eigenvalue weighted by atomic mass is 9.96. The minimum Gasteiger partial charge on any atom is -0.444 e. The first-order valence-corrected chi connectivity index (χ1v) is 13.6. The average molecular weight is 599 g/mol. The van der Waals surface area contributed by atoms with Gasteiger partial charge in [-0.15, -0.1) is 0 Å².